The molecule has 0 aromatic heterocycles. The summed E-state index contributed by atoms with van der Waals surface area (Å²) in [6, 6.07) is 12.3. The molecule has 0 saturated heterocycles. The lowest BCUT2D eigenvalue weighted by molar-refractivity contribution is 0.0945. The number of rotatable bonds is 5. The summed E-state index contributed by atoms with van der Waals surface area (Å²) in [5, 5.41) is 0. The molecule has 116 valence electrons. The second-order valence-corrected chi connectivity index (χ2v) is 6.84. The van der Waals surface area contributed by atoms with E-state index in [0.717, 1.165) is 4.47 Å². The van der Waals surface area contributed by atoms with Crippen molar-refractivity contribution in [2.24, 2.45) is 0 Å². The highest BCUT2D eigenvalue weighted by atomic mass is 79.9. The van der Waals surface area contributed by atoms with Crippen LogP contribution < -0.4 is 15.0 Å². The van der Waals surface area contributed by atoms with E-state index in [1.807, 2.05) is 4.83 Å². The Labute approximate surface area is 136 Å². The van der Waals surface area contributed by atoms with Crippen LogP contribution in [0.4, 0.5) is 0 Å². The summed E-state index contributed by atoms with van der Waals surface area (Å²) in [5.41, 5.74) is 2.47. The maximum Gasteiger partial charge on any atom is 0.266 e. The first-order valence-electron chi connectivity index (χ1n) is 6.14. The summed E-state index contributed by atoms with van der Waals surface area (Å²) in [6.07, 6.45) is 0. The van der Waals surface area contributed by atoms with Crippen molar-refractivity contribution < 1.29 is 17.9 Å². The normalized spacial score (nSPS) is 11.0. The number of carbonyl (C=O) groups is 1. The van der Waals surface area contributed by atoms with Crippen LogP contribution in [0.15, 0.2) is 57.9 Å². The van der Waals surface area contributed by atoms with Crippen molar-refractivity contribution in [3.8, 4) is 5.75 Å². The zero-order valence-corrected chi connectivity index (χ0v) is 13.9. The van der Waals surface area contributed by atoms with Gasteiger partial charge in [-0.05, 0) is 48.5 Å². The van der Waals surface area contributed by atoms with Crippen molar-refractivity contribution in [1.29, 1.82) is 0 Å². The van der Waals surface area contributed by atoms with E-state index in [-0.39, 0.29) is 4.90 Å². The first-order valence-corrected chi connectivity index (χ1v) is 8.42. The minimum absolute atomic E-state index is 0.0470. The van der Waals surface area contributed by atoms with Crippen LogP contribution in [0.3, 0.4) is 0 Å². The maximum absolute atomic E-state index is 12.0. The number of methoxy groups -OCH3 is 1. The summed E-state index contributed by atoms with van der Waals surface area (Å²) in [4.78, 5) is 14.0. The van der Waals surface area contributed by atoms with E-state index in [1.165, 1.54) is 31.4 Å². The smallest absolute Gasteiger partial charge is 0.266 e. The molecule has 0 radical (unpaired) electrons. The van der Waals surface area contributed by atoms with Crippen molar-refractivity contribution >= 4 is 31.9 Å². The van der Waals surface area contributed by atoms with E-state index in [9.17, 15) is 13.2 Å². The molecule has 0 unspecified atom stereocenters. The number of hydrazine groups is 1. The molecule has 2 rings (SSSR count). The monoisotopic (exact) mass is 384 g/mol. The fraction of sp³-hybridized carbons (Fsp3) is 0.0714. The molecule has 0 fully saturated rings. The number of carbonyl (C=O) groups excluding carboxylic acids is 1. The average Bonchev–Trinajstić information content (AvgIpc) is 2.53. The Morgan fingerprint density at radius 3 is 2.18 bits per heavy atom. The van der Waals surface area contributed by atoms with E-state index in [4.69, 9.17) is 4.74 Å². The molecule has 2 aromatic carbocycles. The van der Waals surface area contributed by atoms with Gasteiger partial charge in [-0.1, -0.05) is 15.9 Å². The van der Waals surface area contributed by atoms with E-state index < -0.39 is 15.9 Å². The third kappa shape index (κ3) is 4.06. The zero-order valence-electron chi connectivity index (χ0n) is 11.5. The van der Waals surface area contributed by atoms with Crippen molar-refractivity contribution in [3.63, 3.8) is 0 Å². The van der Waals surface area contributed by atoms with Gasteiger partial charge in [-0.25, -0.2) is 8.42 Å². The highest BCUT2D eigenvalue weighted by Gasteiger charge is 2.15. The molecule has 1 amide bonds. The second kappa shape index (κ2) is 6.91. The lowest BCUT2D eigenvalue weighted by Crippen LogP contribution is -2.41. The molecule has 0 atom stereocenters. The van der Waals surface area contributed by atoms with Crippen LogP contribution in [0.25, 0.3) is 0 Å². The maximum atomic E-state index is 12.0. The number of hydrogen-bond acceptors (Lipinski definition) is 4. The van der Waals surface area contributed by atoms with Gasteiger partial charge < -0.3 is 4.74 Å². The molecule has 2 aromatic rings. The van der Waals surface area contributed by atoms with E-state index in [1.54, 1.807) is 24.3 Å². The summed E-state index contributed by atoms with van der Waals surface area (Å²) in [7, 11) is -2.31. The minimum Gasteiger partial charge on any atom is -0.497 e. The third-order valence-electron chi connectivity index (χ3n) is 2.78. The van der Waals surface area contributed by atoms with Gasteiger partial charge >= 0.3 is 0 Å². The highest BCUT2D eigenvalue weighted by Crippen LogP contribution is 2.14. The molecule has 0 spiro atoms. The van der Waals surface area contributed by atoms with Gasteiger partial charge in [0.2, 0.25) is 0 Å². The Morgan fingerprint density at radius 2 is 1.64 bits per heavy atom. The van der Waals surface area contributed by atoms with Crippen molar-refractivity contribution in [2.75, 3.05) is 7.11 Å². The number of halogens is 1. The quantitative estimate of drug-likeness (QED) is 0.772. The number of ether oxygens (including phenoxy) is 1. The fourth-order valence-electron chi connectivity index (χ4n) is 1.60. The van der Waals surface area contributed by atoms with Crippen molar-refractivity contribution in [3.05, 3.63) is 58.6 Å². The number of nitrogens with one attached hydrogen (secondary N) is 2. The fourth-order valence-corrected chi connectivity index (χ4v) is 2.70. The third-order valence-corrected chi connectivity index (χ3v) is 4.57. The molecule has 2 N–H and O–H groups in total. The Balaban J connectivity index is 2.04. The van der Waals surface area contributed by atoms with Crippen LogP contribution in [-0.2, 0) is 10.0 Å². The zero-order chi connectivity index (χ0) is 16.2. The molecule has 0 bridgehead atoms. The molecule has 0 aliphatic heterocycles. The number of sulfonamides is 1. The Bertz CT molecular complexity index is 758. The van der Waals surface area contributed by atoms with Crippen LogP contribution in [0.5, 0.6) is 5.75 Å². The van der Waals surface area contributed by atoms with Crippen LogP contribution >= 0.6 is 15.9 Å². The van der Waals surface area contributed by atoms with Crippen LogP contribution in [0, 0.1) is 0 Å². The van der Waals surface area contributed by atoms with Crippen LogP contribution in [0.1, 0.15) is 10.4 Å². The van der Waals surface area contributed by atoms with Gasteiger partial charge in [-0.15, -0.1) is 4.83 Å². The predicted molar refractivity (Wildman–Crippen MR) is 84.9 cm³/mol. The molecular weight excluding hydrogens is 372 g/mol. The van der Waals surface area contributed by atoms with Gasteiger partial charge in [0.05, 0.1) is 12.0 Å². The standard InChI is InChI=1S/C14H13BrN2O4S/c1-21-12-6-2-10(3-7-12)14(18)16-17-22(19,20)13-8-4-11(15)5-9-13/h2-9,17H,1H3,(H,16,18). The largest absolute Gasteiger partial charge is 0.497 e. The Morgan fingerprint density at radius 1 is 1.05 bits per heavy atom. The number of hydrogen-bond donors (Lipinski definition) is 2. The minimum atomic E-state index is -3.82. The van der Waals surface area contributed by atoms with Gasteiger partial charge in [-0.3, -0.25) is 10.2 Å². The van der Waals surface area contributed by atoms with Crippen LogP contribution in [-0.4, -0.2) is 21.4 Å². The summed E-state index contributed by atoms with van der Waals surface area (Å²) >= 11 is 3.22. The molecular formula is C14H13BrN2O4S. The van der Waals surface area contributed by atoms with Gasteiger partial charge in [-0.2, -0.15) is 0 Å². The SMILES string of the molecule is COc1ccc(C(=O)NNS(=O)(=O)c2ccc(Br)cc2)cc1. The van der Waals surface area contributed by atoms with E-state index in [0.29, 0.717) is 11.3 Å². The van der Waals surface area contributed by atoms with E-state index in [2.05, 4.69) is 21.4 Å². The predicted octanol–water partition coefficient (Wildman–Crippen LogP) is 2.08. The van der Waals surface area contributed by atoms with Gasteiger partial charge in [0, 0.05) is 10.0 Å². The van der Waals surface area contributed by atoms with E-state index >= 15 is 0 Å². The first-order chi connectivity index (χ1) is 10.4. The number of benzene rings is 2. The second-order valence-electron chi connectivity index (χ2n) is 4.24. The summed E-state index contributed by atoms with van der Waals surface area (Å²) in [6.45, 7) is 0. The Hall–Kier alpha value is -1.90. The average molecular weight is 385 g/mol. The molecule has 0 aliphatic rings. The highest BCUT2D eigenvalue weighted by molar-refractivity contribution is 9.10. The molecule has 6 nitrogen and oxygen atoms in total. The Kier molecular flexibility index (Phi) is 5.17. The van der Waals surface area contributed by atoms with Crippen molar-refractivity contribution in [1.82, 2.24) is 10.3 Å². The molecule has 8 heteroatoms. The van der Waals surface area contributed by atoms with Crippen molar-refractivity contribution in [2.45, 2.75) is 4.90 Å². The molecule has 0 saturated carbocycles. The molecule has 22 heavy (non-hydrogen) atoms. The topological polar surface area (TPSA) is 84.5 Å². The van der Waals surface area contributed by atoms with Gasteiger partial charge in [0.1, 0.15) is 5.75 Å². The summed E-state index contributed by atoms with van der Waals surface area (Å²) in [5.74, 6) is 0.0373. The summed E-state index contributed by atoms with van der Waals surface area (Å²) < 4.78 is 29.8. The number of amides is 1. The molecule has 0 aliphatic carbocycles. The first kappa shape index (κ1) is 16.5. The lowest BCUT2D eigenvalue weighted by atomic mass is 10.2. The molecule has 0 heterocycles. The van der Waals surface area contributed by atoms with Gasteiger partial charge in [0.25, 0.3) is 15.9 Å². The lowest BCUT2D eigenvalue weighted by Gasteiger charge is -2.09. The van der Waals surface area contributed by atoms with Crippen LogP contribution in [0.2, 0.25) is 0 Å². The van der Waals surface area contributed by atoms with Gasteiger partial charge in [0.15, 0.2) is 0 Å².